The predicted octanol–water partition coefficient (Wildman–Crippen LogP) is 4.80. The van der Waals surface area contributed by atoms with E-state index in [4.69, 9.17) is 0 Å². The van der Waals surface area contributed by atoms with E-state index in [1.807, 2.05) is 0 Å². The summed E-state index contributed by atoms with van der Waals surface area (Å²) in [7, 11) is 0. The minimum Gasteiger partial charge on any atom is -0.316 e. The van der Waals surface area contributed by atoms with Crippen LogP contribution in [0.5, 0.6) is 0 Å². The fourth-order valence-corrected chi connectivity index (χ4v) is 5.01. The van der Waals surface area contributed by atoms with Gasteiger partial charge in [-0.25, -0.2) is 0 Å². The quantitative estimate of drug-likeness (QED) is 0.736. The van der Waals surface area contributed by atoms with E-state index in [1.165, 1.54) is 55.1 Å². The highest BCUT2D eigenvalue weighted by atomic mass is 79.9. The normalized spacial score (nSPS) is 31.9. The fraction of sp³-hybridized carbons (Fsp3) is 0.667. The zero-order valence-corrected chi connectivity index (χ0v) is 14.1. The summed E-state index contributed by atoms with van der Waals surface area (Å²) in [6.45, 7) is 4.63. The minimum absolute atomic E-state index is 0.516. The van der Waals surface area contributed by atoms with Crippen LogP contribution in [0.1, 0.15) is 44.6 Å². The van der Waals surface area contributed by atoms with Crippen LogP contribution in [-0.4, -0.2) is 13.1 Å². The van der Waals surface area contributed by atoms with Gasteiger partial charge in [0.25, 0.3) is 0 Å². The molecule has 2 aliphatic carbocycles. The number of halogens is 1. The molecule has 0 aromatic heterocycles. The van der Waals surface area contributed by atoms with Gasteiger partial charge in [-0.2, -0.15) is 0 Å². The highest BCUT2D eigenvalue weighted by molar-refractivity contribution is 9.10. The number of fused-ring (bicyclic) bond motifs is 2. The van der Waals surface area contributed by atoms with Gasteiger partial charge in [-0.3, -0.25) is 0 Å². The average molecular weight is 336 g/mol. The van der Waals surface area contributed by atoms with Gasteiger partial charge in [0.1, 0.15) is 0 Å². The number of nitrogens with one attached hydrogen (secondary N) is 1. The van der Waals surface area contributed by atoms with Crippen LogP contribution in [0.2, 0.25) is 0 Å². The van der Waals surface area contributed by atoms with Gasteiger partial charge in [0.2, 0.25) is 0 Å². The van der Waals surface area contributed by atoms with Crippen LogP contribution < -0.4 is 5.32 Å². The number of hydrogen-bond acceptors (Lipinski definition) is 1. The first-order chi connectivity index (χ1) is 9.73. The lowest BCUT2D eigenvalue weighted by Crippen LogP contribution is -2.40. The van der Waals surface area contributed by atoms with Crippen LogP contribution in [0.4, 0.5) is 0 Å². The Morgan fingerprint density at radius 3 is 2.80 bits per heavy atom. The second kappa shape index (κ2) is 6.19. The molecule has 110 valence electrons. The van der Waals surface area contributed by atoms with Crippen molar-refractivity contribution < 1.29 is 0 Å². The molecule has 0 radical (unpaired) electrons. The summed E-state index contributed by atoms with van der Waals surface area (Å²) >= 11 is 3.74. The highest BCUT2D eigenvalue weighted by Gasteiger charge is 2.50. The van der Waals surface area contributed by atoms with Gasteiger partial charge in [-0.15, -0.1) is 0 Å². The van der Waals surface area contributed by atoms with Crippen molar-refractivity contribution in [1.29, 1.82) is 0 Å². The SMILES string of the molecule is CCCNCC1(Cc2ccccc2Br)CC2CCC1C2. The number of benzene rings is 1. The van der Waals surface area contributed by atoms with Crippen LogP contribution in [0.15, 0.2) is 28.7 Å². The number of rotatable bonds is 6. The van der Waals surface area contributed by atoms with Crippen LogP contribution in [0.25, 0.3) is 0 Å². The standard InChI is InChI=1S/C18H26BrN/c1-2-9-20-13-18(11-14-7-8-16(18)10-14)12-15-5-3-4-6-17(15)19/h3-6,14,16,20H,2,7-13H2,1H3. The van der Waals surface area contributed by atoms with Crippen molar-refractivity contribution in [2.24, 2.45) is 17.3 Å². The lowest BCUT2D eigenvalue weighted by atomic mass is 9.69. The van der Waals surface area contributed by atoms with Gasteiger partial charge < -0.3 is 5.32 Å². The Hall–Kier alpha value is -0.340. The van der Waals surface area contributed by atoms with Gasteiger partial charge in [0.05, 0.1) is 0 Å². The molecule has 2 aliphatic rings. The third kappa shape index (κ3) is 2.82. The van der Waals surface area contributed by atoms with Crippen molar-refractivity contribution >= 4 is 15.9 Å². The van der Waals surface area contributed by atoms with Gasteiger partial charge >= 0.3 is 0 Å². The molecule has 0 amide bonds. The second-order valence-corrected chi connectivity index (χ2v) is 7.74. The Balaban J connectivity index is 1.78. The van der Waals surface area contributed by atoms with E-state index in [-0.39, 0.29) is 0 Å². The van der Waals surface area contributed by atoms with Crippen molar-refractivity contribution in [3.05, 3.63) is 34.3 Å². The Morgan fingerprint density at radius 1 is 1.30 bits per heavy atom. The van der Waals surface area contributed by atoms with E-state index in [0.29, 0.717) is 5.41 Å². The maximum Gasteiger partial charge on any atom is 0.0207 e. The summed E-state index contributed by atoms with van der Waals surface area (Å²) in [5.41, 5.74) is 2.01. The van der Waals surface area contributed by atoms with E-state index in [2.05, 4.69) is 52.4 Å². The van der Waals surface area contributed by atoms with Crippen molar-refractivity contribution in [3.8, 4) is 0 Å². The van der Waals surface area contributed by atoms with Crippen LogP contribution in [-0.2, 0) is 6.42 Å². The summed E-state index contributed by atoms with van der Waals surface area (Å²) in [6, 6.07) is 8.80. The van der Waals surface area contributed by atoms with E-state index < -0.39 is 0 Å². The van der Waals surface area contributed by atoms with Gasteiger partial charge in [-0.05, 0) is 67.5 Å². The summed E-state index contributed by atoms with van der Waals surface area (Å²) in [6.07, 6.45) is 8.35. The molecule has 0 aliphatic heterocycles. The Labute approximate surface area is 131 Å². The molecule has 1 nitrogen and oxygen atoms in total. The number of hydrogen-bond donors (Lipinski definition) is 1. The monoisotopic (exact) mass is 335 g/mol. The summed E-state index contributed by atoms with van der Waals surface area (Å²) < 4.78 is 1.29. The third-order valence-corrected chi connectivity index (χ3v) is 6.28. The molecule has 2 heteroatoms. The lowest BCUT2D eigenvalue weighted by molar-refractivity contribution is 0.156. The van der Waals surface area contributed by atoms with Gasteiger partial charge in [0, 0.05) is 11.0 Å². The molecular weight excluding hydrogens is 310 g/mol. The largest absolute Gasteiger partial charge is 0.316 e. The summed E-state index contributed by atoms with van der Waals surface area (Å²) in [4.78, 5) is 0. The maximum absolute atomic E-state index is 3.74. The molecule has 0 spiro atoms. The van der Waals surface area contributed by atoms with Crippen LogP contribution in [0.3, 0.4) is 0 Å². The molecule has 3 atom stereocenters. The molecule has 1 aromatic carbocycles. The zero-order valence-electron chi connectivity index (χ0n) is 12.5. The lowest BCUT2D eigenvalue weighted by Gasteiger charge is -2.38. The molecule has 20 heavy (non-hydrogen) atoms. The zero-order chi connectivity index (χ0) is 14.0. The fourth-order valence-electron chi connectivity index (χ4n) is 4.59. The molecule has 1 N–H and O–H groups in total. The van der Waals surface area contributed by atoms with Crippen molar-refractivity contribution in [2.75, 3.05) is 13.1 Å². The Bertz CT molecular complexity index is 458. The molecule has 3 rings (SSSR count). The Kier molecular flexibility index (Phi) is 4.52. The molecule has 2 bridgehead atoms. The smallest absolute Gasteiger partial charge is 0.0207 e. The topological polar surface area (TPSA) is 12.0 Å². The minimum atomic E-state index is 0.516. The molecule has 3 unspecified atom stereocenters. The predicted molar refractivity (Wildman–Crippen MR) is 88.9 cm³/mol. The van der Waals surface area contributed by atoms with Crippen molar-refractivity contribution in [3.63, 3.8) is 0 Å². The maximum atomic E-state index is 3.74. The van der Waals surface area contributed by atoms with Gasteiger partial charge in [0.15, 0.2) is 0 Å². The average Bonchev–Trinajstić information content (AvgIpc) is 3.03. The molecule has 2 fully saturated rings. The molecule has 2 saturated carbocycles. The van der Waals surface area contributed by atoms with E-state index in [1.54, 1.807) is 0 Å². The molecule has 0 saturated heterocycles. The summed E-state index contributed by atoms with van der Waals surface area (Å²) in [5.74, 6) is 1.95. The van der Waals surface area contributed by atoms with E-state index >= 15 is 0 Å². The first kappa shape index (κ1) is 14.6. The molecule has 1 aromatic rings. The summed E-state index contributed by atoms with van der Waals surface area (Å²) in [5, 5.41) is 3.73. The first-order valence-electron chi connectivity index (χ1n) is 8.17. The third-order valence-electron chi connectivity index (χ3n) is 5.51. The van der Waals surface area contributed by atoms with Crippen molar-refractivity contribution in [2.45, 2.75) is 45.4 Å². The molecule has 0 heterocycles. The van der Waals surface area contributed by atoms with E-state index in [0.717, 1.165) is 18.4 Å². The van der Waals surface area contributed by atoms with Crippen molar-refractivity contribution in [1.82, 2.24) is 5.32 Å². The van der Waals surface area contributed by atoms with Crippen LogP contribution >= 0.6 is 15.9 Å². The van der Waals surface area contributed by atoms with E-state index in [9.17, 15) is 0 Å². The van der Waals surface area contributed by atoms with Crippen LogP contribution in [0, 0.1) is 17.3 Å². The Morgan fingerprint density at radius 2 is 2.15 bits per heavy atom. The first-order valence-corrected chi connectivity index (χ1v) is 8.97. The molecular formula is C18H26BrN. The highest BCUT2D eigenvalue weighted by Crippen LogP contribution is 2.57. The van der Waals surface area contributed by atoms with Gasteiger partial charge in [-0.1, -0.05) is 47.5 Å². The second-order valence-electron chi connectivity index (χ2n) is 6.89.